The highest BCUT2D eigenvalue weighted by Crippen LogP contribution is 2.19. The second-order valence-electron chi connectivity index (χ2n) is 7.06. The number of aryl methyl sites for hydroxylation is 2. The zero-order valence-corrected chi connectivity index (χ0v) is 17.2. The Morgan fingerprint density at radius 2 is 1.97 bits per heavy atom. The predicted octanol–water partition coefficient (Wildman–Crippen LogP) is 0.00242. The lowest BCUT2D eigenvalue weighted by Gasteiger charge is -2.35. The van der Waals surface area contributed by atoms with Crippen LogP contribution >= 0.6 is 0 Å². The minimum Gasteiger partial charge on any atom is -0.358 e. The van der Waals surface area contributed by atoms with E-state index in [4.69, 9.17) is 0 Å². The SMILES string of the molecule is Cc1cc([N+](=O)[O-])nn1CC(C)C(=O)N1CCN(S(=O)(=O)c2cnn(C)c2)CC1. The van der Waals surface area contributed by atoms with E-state index < -0.39 is 20.9 Å². The minimum atomic E-state index is -3.64. The quantitative estimate of drug-likeness (QED) is 0.469. The Morgan fingerprint density at radius 1 is 1.31 bits per heavy atom. The minimum absolute atomic E-state index is 0.129. The number of sulfonamides is 1. The fraction of sp³-hybridized carbons (Fsp3) is 0.562. The van der Waals surface area contributed by atoms with Crippen molar-refractivity contribution in [2.75, 3.05) is 26.2 Å². The van der Waals surface area contributed by atoms with Crippen molar-refractivity contribution in [3.8, 4) is 0 Å². The molecule has 0 saturated carbocycles. The average molecular weight is 425 g/mol. The molecule has 1 aliphatic rings. The van der Waals surface area contributed by atoms with E-state index in [0.717, 1.165) is 0 Å². The number of nitro groups is 1. The number of amides is 1. The van der Waals surface area contributed by atoms with E-state index in [2.05, 4.69) is 10.2 Å². The fourth-order valence-corrected chi connectivity index (χ4v) is 4.65. The number of rotatable bonds is 6. The summed E-state index contributed by atoms with van der Waals surface area (Å²) in [6.07, 6.45) is 2.75. The van der Waals surface area contributed by atoms with Crippen molar-refractivity contribution < 1.29 is 18.1 Å². The van der Waals surface area contributed by atoms with Crippen LogP contribution in [0.2, 0.25) is 0 Å². The molecule has 3 heterocycles. The lowest BCUT2D eigenvalue weighted by Crippen LogP contribution is -2.51. The second kappa shape index (κ2) is 7.91. The molecule has 158 valence electrons. The number of hydrogen-bond donors (Lipinski definition) is 0. The standard InChI is InChI=1S/C16H23N7O5S/c1-12(10-22-13(2)8-15(18-22)23(25)26)16(24)20-4-6-21(7-5-20)29(27,28)14-9-17-19(3)11-14/h8-9,11-12H,4-7,10H2,1-3H3. The number of carbonyl (C=O) groups is 1. The highest BCUT2D eigenvalue weighted by Gasteiger charge is 2.32. The molecule has 1 atom stereocenters. The Bertz CT molecular complexity index is 1020. The van der Waals surface area contributed by atoms with E-state index in [-0.39, 0.29) is 49.3 Å². The van der Waals surface area contributed by atoms with Crippen molar-refractivity contribution >= 4 is 21.7 Å². The third-order valence-electron chi connectivity index (χ3n) is 4.89. The van der Waals surface area contributed by atoms with E-state index in [1.165, 1.54) is 32.1 Å². The number of carbonyl (C=O) groups excluding carboxylic acids is 1. The summed E-state index contributed by atoms with van der Waals surface area (Å²) in [5, 5.41) is 18.7. The van der Waals surface area contributed by atoms with Gasteiger partial charge in [0.2, 0.25) is 15.9 Å². The maximum absolute atomic E-state index is 12.8. The van der Waals surface area contributed by atoms with Gasteiger partial charge in [-0.05, 0) is 11.8 Å². The Balaban J connectivity index is 1.60. The van der Waals surface area contributed by atoms with Gasteiger partial charge in [0, 0.05) is 39.4 Å². The monoisotopic (exact) mass is 425 g/mol. The maximum atomic E-state index is 12.8. The first-order chi connectivity index (χ1) is 13.6. The van der Waals surface area contributed by atoms with Crippen LogP contribution in [0, 0.1) is 23.0 Å². The number of aromatic nitrogens is 4. The van der Waals surface area contributed by atoms with E-state index in [1.807, 2.05) is 0 Å². The number of nitrogens with zero attached hydrogens (tertiary/aromatic N) is 7. The summed E-state index contributed by atoms with van der Waals surface area (Å²) in [6, 6.07) is 1.36. The Hall–Kier alpha value is -2.80. The van der Waals surface area contributed by atoms with Crippen molar-refractivity contribution in [1.29, 1.82) is 0 Å². The number of piperazine rings is 1. The first-order valence-electron chi connectivity index (χ1n) is 9.06. The van der Waals surface area contributed by atoms with Gasteiger partial charge in [-0.3, -0.25) is 9.48 Å². The molecule has 1 saturated heterocycles. The van der Waals surface area contributed by atoms with E-state index in [1.54, 1.807) is 25.8 Å². The molecule has 13 heteroatoms. The van der Waals surface area contributed by atoms with Crippen molar-refractivity contribution in [2.24, 2.45) is 13.0 Å². The molecule has 0 aliphatic carbocycles. The summed E-state index contributed by atoms with van der Waals surface area (Å²) < 4.78 is 29.5. The third-order valence-corrected chi connectivity index (χ3v) is 6.74. The molecule has 1 fully saturated rings. The van der Waals surface area contributed by atoms with Gasteiger partial charge in [0.25, 0.3) is 0 Å². The van der Waals surface area contributed by atoms with Crippen molar-refractivity contribution in [3.63, 3.8) is 0 Å². The Morgan fingerprint density at radius 3 is 2.48 bits per heavy atom. The Kier molecular flexibility index (Phi) is 5.71. The molecule has 1 aliphatic heterocycles. The molecule has 2 aromatic heterocycles. The molecule has 1 amide bonds. The third kappa shape index (κ3) is 4.29. The molecule has 2 aromatic rings. The van der Waals surface area contributed by atoms with Crippen LogP contribution in [-0.4, -0.2) is 74.2 Å². The smallest absolute Gasteiger partial charge is 0.358 e. The lowest BCUT2D eigenvalue weighted by molar-refractivity contribution is -0.389. The van der Waals surface area contributed by atoms with Crippen LogP contribution in [0.4, 0.5) is 5.82 Å². The van der Waals surface area contributed by atoms with Crippen LogP contribution in [0.25, 0.3) is 0 Å². The van der Waals surface area contributed by atoms with Gasteiger partial charge in [-0.25, -0.2) is 8.42 Å². The lowest BCUT2D eigenvalue weighted by atomic mass is 10.1. The summed E-state index contributed by atoms with van der Waals surface area (Å²) in [4.78, 5) is 24.8. The molecule has 0 radical (unpaired) electrons. The summed E-state index contributed by atoms with van der Waals surface area (Å²) >= 11 is 0. The summed E-state index contributed by atoms with van der Waals surface area (Å²) in [5.74, 6) is -0.841. The van der Waals surface area contributed by atoms with Gasteiger partial charge in [0.1, 0.15) is 4.90 Å². The first kappa shape index (κ1) is 20.9. The van der Waals surface area contributed by atoms with Gasteiger partial charge in [-0.1, -0.05) is 6.92 Å². The molecule has 12 nitrogen and oxygen atoms in total. The molecule has 0 N–H and O–H groups in total. The van der Waals surface area contributed by atoms with Crippen LogP contribution in [0.3, 0.4) is 0 Å². The topological polar surface area (TPSA) is 136 Å². The van der Waals surface area contributed by atoms with Crippen molar-refractivity contribution in [3.05, 3.63) is 34.3 Å². The Labute approximate surface area is 167 Å². The maximum Gasteiger partial charge on any atom is 0.390 e. The second-order valence-corrected chi connectivity index (χ2v) is 9.00. The highest BCUT2D eigenvalue weighted by atomic mass is 32.2. The van der Waals surface area contributed by atoms with E-state index in [9.17, 15) is 23.3 Å². The van der Waals surface area contributed by atoms with Gasteiger partial charge >= 0.3 is 5.82 Å². The van der Waals surface area contributed by atoms with Crippen LogP contribution < -0.4 is 0 Å². The van der Waals surface area contributed by atoms with E-state index >= 15 is 0 Å². The average Bonchev–Trinajstić information content (AvgIpc) is 3.28. The van der Waals surface area contributed by atoms with E-state index in [0.29, 0.717) is 5.69 Å². The molecule has 0 aromatic carbocycles. The first-order valence-corrected chi connectivity index (χ1v) is 10.5. The molecule has 0 bridgehead atoms. The van der Waals surface area contributed by atoms with Gasteiger partial charge < -0.3 is 15.0 Å². The van der Waals surface area contributed by atoms with Crippen LogP contribution in [0.15, 0.2) is 23.4 Å². The molecular weight excluding hydrogens is 402 g/mol. The molecule has 1 unspecified atom stereocenters. The summed E-state index contributed by atoms with van der Waals surface area (Å²) in [7, 11) is -1.99. The van der Waals surface area contributed by atoms with Gasteiger partial charge in [0.05, 0.1) is 35.5 Å². The molecular formula is C16H23N7O5S. The summed E-state index contributed by atoms with van der Waals surface area (Å²) in [6.45, 7) is 4.59. The van der Waals surface area contributed by atoms with Gasteiger partial charge in [-0.15, -0.1) is 0 Å². The zero-order chi connectivity index (χ0) is 21.3. The van der Waals surface area contributed by atoms with Gasteiger partial charge in [0.15, 0.2) is 0 Å². The van der Waals surface area contributed by atoms with Crippen LogP contribution in [-0.2, 0) is 28.4 Å². The van der Waals surface area contributed by atoms with Crippen LogP contribution in [0.5, 0.6) is 0 Å². The van der Waals surface area contributed by atoms with Crippen LogP contribution in [0.1, 0.15) is 12.6 Å². The molecule has 3 rings (SSSR count). The number of hydrogen-bond acceptors (Lipinski definition) is 7. The largest absolute Gasteiger partial charge is 0.390 e. The highest BCUT2D eigenvalue weighted by molar-refractivity contribution is 7.89. The predicted molar refractivity (Wildman–Crippen MR) is 101 cm³/mol. The van der Waals surface area contributed by atoms with Crippen molar-refractivity contribution in [2.45, 2.75) is 25.3 Å². The van der Waals surface area contributed by atoms with Gasteiger partial charge in [-0.2, -0.15) is 14.1 Å². The zero-order valence-electron chi connectivity index (χ0n) is 16.4. The molecule has 29 heavy (non-hydrogen) atoms. The summed E-state index contributed by atoms with van der Waals surface area (Å²) in [5.41, 5.74) is 0.601. The normalized spacial score (nSPS) is 16.7. The van der Waals surface area contributed by atoms with Crippen molar-refractivity contribution in [1.82, 2.24) is 28.8 Å². The molecule has 0 spiro atoms. The fourth-order valence-electron chi connectivity index (χ4n) is 3.25.